The van der Waals surface area contributed by atoms with Crippen LogP contribution in [0.25, 0.3) is 0 Å². The average molecular weight is 397 g/mol. The minimum atomic E-state index is 0.286. The van der Waals surface area contributed by atoms with Crippen molar-refractivity contribution in [2.45, 2.75) is 82.5 Å². The summed E-state index contributed by atoms with van der Waals surface area (Å²) in [5, 5.41) is 0. The highest BCUT2D eigenvalue weighted by Gasteiger charge is 2.31. The number of hydrogen-bond acceptors (Lipinski definition) is 4. The Bertz CT molecular complexity index is 679. The zero-order valence-corrected chi connectivity index (χ0v) is 17.7. The number of likely N-dealkylation sites (tertiary alicyclic amines) is 1. The lowest BCUT2D eigenvalue weighted by molar-refractivity contribution is -0.0598. The van der Waals surface area contributed by atoms with Gasteiger partial charge in [-0.2, -0.15) is 0 Å². The number of ether oxygens (including phenoxy) is 1. The molecule has 5 rings (SSSR count). The number of nitrogens with zero attached hydrogens (tertiary/aromatic N) is 2. The molecule has 0 radical (unpaired) electrons. The normalized spacial score (nSPS) is 25.6. The molecule has 4 nitrogen and oxygen atoms in total. The fourth-order valence-electron chi connectivity index (χ4n) is 5.39. The van der Waals surface area contributed by atoms with Gasteiger partial charge in [-0.3, -0.25) is 4.79 Å². The van der Waals surface area contributed by atoms with Gasteiger partial charge in [0.25, 0.3) is 0 Å². The van der Waals surface area contributed by atoms with Crippen LogP contribution in [0.2, 0.25) is 0 Å². The van der Waals surface area contributed by atoms with E-state index in [0.717, 1.165) is 50.4 Å². The van der Waals surface area contributed by atoms with Crippen LogP contribution in [0, 0.1) is 5.92 Å². The molecule has 2 saturated carbocycles. The number of benzene rings is 1. The van der Waals surface area contributed by atoms with Crippen LogP contribution in [0.3, 0.4) is 0 Å². The number of piperidine rings is 2. The van der Waals surface area contributed by atoms with Crippen LogP contribution in [-0.4, -0.2) is 55.1 Å². The first kappa shape index (κ1) is 19.6. The number of anilines is 1. The molecule has 2 heterocycles. The zero-order chi connectivity index (χ0) is 19.6. The van der Waals surface area contributed by atoms with Crippen LogP contribution in [0.5, 0.6) is 0 Å². The van der Waals surface area contributed by atoms with Crippen molar-refractivity contribution in [3.63, 3.8) is 0 Å². The van der Waals surface area contributed by atoms with E-state index in [1.807, 2.05) is 12.1 Å². The van der Waals surface area contributed by atoms with E-state index in [2.05, 4.69) is 21.9 Å². The maximum absolute atomic E-state index is 12.4. The molecule has 4 aliphatic rings. The van der Waals surface area contributed by atoms with E-state index in [-0.39, 0.29) is 5.92 Å². The fraction of sp³-hybridized carbons (Fsp3) is 0.720. The predicted molar refractivity (Wildman–Crippen MR) is 117 cm³/mol. The summed E-state index contributed by atoms with van der Waals surface area (Å²) in [5.74, 6) is 0.632. The summed E-state index contributed by atoms with van der Waals surface area (Å²) in [6, 6.07) is 9.24. The van der Waals surface area contributed by atoms with Crippen LogP contribution < -0.4 is 4.90 Å². The smallest absolute Gasteiger partial charge is 0.165 e. The van der Waals surface area contributed by atoms with Crippen molar-refractivity contribution in [1.29, 1.82) is 0 Å². The second-order valence-corrected chi connectivity index (χ2v) is 9.68. The lowest BCUT2D eigenvalue weighted by Crippen LogP contribution is -2.47. The van der Waals surface area contributed by atoms with Crippen LogP contribution in [-0.2, 0) is 4.74 Å². The van der Waals surface area contributed by atoms with Crippen molar-refractivity contribution in [1.82, 2.24) is 4.90 Å². The van der Waals surface area contributed by atoms with Crippen LogP contribution in [0.4, 0.5) is 5.69 Å². The number of rotatable bonds is 6. The summed E-state index contributed by atoms with van der Waals surface area (Å²) >= 11 is 0. The molecule has 158 valence electrons. The van der Waals surface area contributed by atoms with E-state index >= 15 is 0 Å². The lowest BCUT2D eigenvalue weighted by atomic mass is 9.80. The van der Waals surface area contributed by atoms with Crippen molar-refractivity contribution in [3.05, 3.63) is 29.8 Å². The molecule has 0 spiro atoms. The molecule has 2 aliphatic heterocycles. The molecule has 0 unspecified atom stereocenters. The highest BCUT2D eigenvalue weighted by Crippen LogP contribution is 2.31. The first-order valence-electron chi connectivity index (χ1n) is 12.0. The Morgan fingerprint density at radius 2 is 1.34 bits per heavy atom. The maximum atomic E-state index is 12.4. The number of Topliss-reactive ketones (excluding diaryl/α,β-unsaturated/α-hetero) is 1. The van der Waals surface area contributed by atoms with Crippen LogP contribution >= 0.6 is 0 Å². The van der Waals surface area contributed by atoms with Crippen LogP contribution in [0.15, 0.2) is 24.3 Å². The zero-order valence-electron chi connectivity index (χ0n) is 17.7. The second kappa shape index (κ2) is 8.77. The highest BCUT2D eigenvalue weighted by atomic mass is 16.5. The van der Waals surface area contributed by atoms with Gasteiger partial charge in [-0.1, -0.05) is 12.8 Å². The van der Waals surface area contributed by atoms with E-state index in [1.165, 1.54) is 57.3 Å². The van der Waals surface area contributed by atoms with Crippen molar-refractivity contribution < 1.29 is 9.53 Å². The SMILES string of the molecule is O=C(c1ccc(N2CCC(OC3CCN(C4CCC4)CC3)CC2)cc1)C1CCC1. The molecule has 4 fully saturated rings. The fourth-order valence-corrected chi connectivity index (χ4v) is 5.39. The third kappa shape index (κ3) is 4.39. The molecule has 0 amide bonds. The molecular weight excluding hydrogens is 360 g/mol. The Hall–Kier alpha value is -1.39. The van der Waals surface area contributed by atoms with Gasteiger partial charge in [0.15, 0.2) is 5.78 Å². The van der Waals surface area contributed by atoms with E-state index in [9.17, 15) is 4.79 Å². The third-order valence-corrected chi connectivity index (χ3v) is 7.89. The second-order valence-electron chi connectivity index (χ2n) is 9.68. The number of carbonyl (C=O) groups is 1. The Morgan fingerprint density at radius 3 is 1.86 bits per heavy atom. The first-order chi connectivity index (χ1) is 14.3. The molecular formula is C25H36N2O2. The van der Waals surface area contributed by atoms with Crippen molar-refractivity contribution in [2.24, 2.45) is 5.92 Å². The minimum Gasteiger partial charge on any atom is -0.375 e. The molecule has 2 aliphatic carbocycles. The summed E-state index contributed by atoms with van der Waals surface area (Å²) in [7, 11) is 0. The van der Waals surface area contributed by atoms with E-state index in [1.54, 1.807) is 0 Å². The van der Waals surface area contributed by atoms with Crippen molar-refractivity contribution in [2.75, 3.05) is 31.1 Å². The largest absolute Gasteiger partial charge is 0.375 e. The predicted octanol–water partition coefficient (Wildman–Crippen LogP) is 4.67. The topological polar surface area (TPSA) is 32.8 Å². The third-order valence-electron chi connectivity index (χ3n) is 7.89. The Labute approximate surface area is 175 Å². The van der Waals surface area contributed by atoms with Crippen molar-refractivity contribution in [3.8, 4) is 0 Å². The summed E-state index contributed by atoms with van der Waals surface area (Å²) in [5.41, 5.74) is 2.15. The average Bonchev–Trinajstić information content (AvgIpc) is 2.68. The standard InChI is InChI=1S/C25H36N2O2/c28-25(19-3-1-4-19)20-7-9-22(10-8-20)27-17-13-24(14-18-27)29-23-11-15-26(16-12-23)21-5-2-6-21/h7-10,19,21,23-24H,1-6,11-18H2. The summed E-state index contributed by atoms with van der Waals surface area (Å²) in [6.45, 7) is 4.59. The van der Waals surface area contributed by atoms with Crippen molar-refractivity contribution >= 4 is 11.5 Å². The first-order valence-corrected chi connectivity index (χ1v) is 12.0. The van der Waals surface area contributed by atoms with Crippen LogP contribution in [0.1, 0.15) is 74.6 Å². The van der Waals surface area contributed by atoms with E-state index in [4.69, 9.17) is 4.74 Å². The maximum Gasteiger partial charge on any atom is 0.165 e. The van der Waals surface area contributed by atoms with Gasteiger partial charge in [0, 0.05) is 49.4 Å². The van der Waals surface area contributed by atoms with Gasteiger partial charge in [0.05, 0.1) is 12.2 Å². The molecule has 2 saturated heterocycles. The summed E-state index contributed by atoms with van der Waals surface area (Å²) in [6.07, 6.45) is 13.2. The Kier molecular flexibility index (Phi) is 5.92. The van der Waals surface area contributed by atoms with E-state index in [0.29, 0.717) is 18.0 Å². The van der Waals surface area contributed by atoms with Gasteiger partial charge >= 0.3 is 0 Å². The van der Waals surface area contributed by atoms with Gasteiger partial charge in [-0.15, -0.1) is 0 Å². The van der Waals surface area contributed by atoms with Gasteiger partial charge < -0.3 is 14.5 Å². The monoisotopic (exact) mass is 396 g/mol. The molecule has 1 aromatic carbocycles. The molecule has 4 heteroatoms. The quantitative estimate of drug-likeness (QED) is 0.654. The number of carbonyl (C=O) groups excluding carboxylic acids is 1. The van der Waals surface area contributed by atoms with E-state index < -0.39 is 0 Å². The highest BCUT2D eigenvalue weighted by molar-refractivity contribution is 5.98. The molecule has 1 aromatic rings. The van der Waals surface area contributed by atoms with Gasteiger partial charge in [-0.25, -0.2) is 0 Å². The molecule has 0 aromatic heterocycles. The molecule has 29 heavy (non-hydrogen) atoms. The summed E-state index contributed by atoms with van der Waals surface area (Å²) < 4.78 is 6.49. The molecule has 0 bridgehead atoms. The number of ketones is 1. The molecule has 0 N–H and O–H groups in total. The Morgan fingerprint density at radius 1 is 0.759 bits per heavy atom. The number of hydrogen-bond donors (Lipinski definition) is 0. The molecule has 0 atom stereocenters. The Balaban J connectivity index is 1.06. The minimum absolute atomic E-state index is 0.286. The van der Waals surface area contributed by atoms with Gasteiger partial charge in [0.2, 0.25) is 0 Å². The lowest BCUT2D eigenvalue weighted by Gasteiger charge is -2.43. The van der Waals surface area contributed by atoms with Gasteiger partial charge in [0.1, 0.15) is 0 Å². The van der Waals surface area contributed by atoms with Gasteiger partial charge in [-0.05, 0) is 75.6 Å². The summed E-state index contributed by atoms with van der Waals surface area (Å²) in [4.78, 5) is 17.5.